The summed E-state index contributed by atoms with van der Waals surface area (Å²) < 4.78 is 41.4. The molecule has 0 saturated carbocycles. The third-order valence-electron chi connectivity index (χ3n) is 4.41. The van der Waals surface area contributed by atoms with Crippen LogP contribution in [0.2, 0.25) is 10.0 Å². The normalized spacial score (nSPS) is 11.9. The summed E-state index contributed by atoms with van der Waals surface area (Å²) in [7, 11) is 0. The van der Waals surface area contributed by atoms with Crippen LogP contribution in [0.25, 0.3) is 16.9 Å². The minimum atomic E-state index is -4.51. The van der Waals surface area contributed by atoms with Crippen LogP contribution >= 0.6 is 23.2 Å². The quantitative estimate of drug-likeness (QED) is 0.351. The molecule has 2 aromatic carbocycles. The summed E-state index contributed by atoms with van der Waals surface area (Å²) in [5.74, 6) is 0. The number of nitrogens with zero attached hydrogens (tertiary/aromatic N) is 2. The molecule has 0 saturated heterocycles. The number of alkyl halides is 3. The zero-order valence-corrected chi connectivity index (χ0v) is 15.9. The van der Waals surface area contributed by atoms with Crippen LogP contribution in [-0.4, -0.2) is 9.38 Å². The van der Waals surface area contributed by atoms with E-state index < -0.39 is 11.7 Å². The van der Waals surface area contributed by atoms with Crippen LogP contribution in [0.4, 0.5) is 13.2 Å². The number of imidazole rings is 1. The van der Waals surface area contributed by atoms with E-state index >= 15 is 0 Å². The summed E-state index contributed by atoms with van der Waals surface area (Å²) in [6.45, 7) is 0. The summed E-state index contributed by atoms with van der Waals surface area (Å²) >= 11 is 12.2. The summed E-state index contributed by atoms with van der Waals surface area (Å²) in [6, 6.07) is 17.4. The third-order valence-corrected chi connectivity index (χ3v) is 4.92. The molecule has 0 aliphatic heterocycles. The standard InChI is InChI=1S/C21H13Cl2F3N2/c22-16-8-4-5-13(9-16)10-18-19(14-6-2-1-3-7-14)27-20-17(23)11-15(12-28(18)20)21(24,25)26/h1-9,11-12H,10H2. The van der Waals surface area contributed by atoms with Crippen LogP contribution in [0.3, 0.4) is 0 Å². The molecule has 2 heterocycles. The predicted octanol–water partition coefficient (Wildman–Crippen LogP) is 6.92. The Labute approximate surface area is 169 Å². The maximum Gasteiger partial charge on any atom is 0.417 e. The minimum Gasteiger partial charge on any atom is -0.301 e. The number of hydrogen-bond acceptors (Lipinski definition) is 1. The second kappa shape index (κ2) is 7.15. The van der Waals surface area contributed by atoms with Gasteiger partial charge in [0.15, 0.2) is 5.65 Å². The van der Waals surface area contributed by atoms with E-state index in [4.69, 9.17) is 23.2 Å². The van der Waals surface area contributed by atoms with Crippen molar-refractivity contribution in [2.45, 2.75) is 12.6 Å². The van der Waals surface area contributed by atoms with Gasteiger partial charge in [-0.1, -0.05) is 65.7 Å². The van der Waals surface area contributed by atoms with Gasteiger partial charge in [0.2, 0.25) is 0 Å². The third kappa shape index (κ3) is 3.60. The molecule has 0 aliphatic carbocycles. The van der Waals surface area contributed by atoms with Crippen molar-refractivity contribution in [3.05, 3.63) is 93.7 Å². The first-order valence-electron chi connectivity index (χ1n) is 8.40. The Hall–Kier alpha value is -2.50. The van der Waals surface area contributed by atoms with Crippen molar-refractivity contribution in [2.75, 3.05) is 0 Å². The molecule has 2 aromatic heterocycles. The van der Waals surface area contributed by atoms with Crippen LogP contribution < -0.4 is 0 Å². The highest BCUT2D eigenvalue weighted by Gasteiger charge is 2.32. The van der Waals surface area contributed by atoms with Crippen LogP contribution in [0.1, 0.15) is 16.8 Å². The van der Waals surface area contributed by atoms with Gasteiger partial charge in [0, 0.05) is 23.2 Å². The Morgan fingerprint density at radius 3 is 2.36 bits per heavy atom. The lowest BCUT2D eigenvalue weighted by atomic mass is 10.0. The molecular weight excluding hydrogens is 408 g/mol. The molecule has 0 atom stereocenters. The molecule has 7 heteroatoms. The fourth-order valence-electron chi connectivity index (χ4n) is 3.14. The zero-order valence-electron chi connectivity index (χ0n) is 14.3. The lowest BCUT2D eigenvalue weighted by molar-refractivity contribution is -0.137. The Bertz CT molecular complexity index is 1150. The first-order valence-corrected chi connectivity index (χ1v) is 9.16. The lowest BCUT2D eigenvalue weighted by Gasteiger charge is -2.10. The number of hydrogen-bond donors (Lipinski definition) is 0. The smallest absolute Gasteiger partial charge is 0.301 e. The van der Waals surface area contributed by atoms with Crippen molar-refractivity contribution in [3.8, 4) is 11.3 Å². The number of fused-ring (bicyclic) bond motifs is 1. The molecule has 4 aromatic rings. The SMILES string of the molecule is FC(F)(F)c1cc(Cl)c2nc(-c3ccccc3)c(Cc3cccc(Cl)c3)n2c1. The number of pyridine rings is 1. The number of rotatable bonds is 3. The van der Waals surface area contributed by atoms with E-state index in [0.29, 0.717) is 22.8 Å². The fraction of sp³-hybridized carbons (Fsp3) is 0.0952. The van der Waals surface area contributed by atoms with Crippen molar-refractivity contribution in [3.63, 3.8) is 0 Å². The van der Waals surface area contributed by atoms with E-state index in [1.807, 2.05) is 36.4 Å². The van der Waals surface area contributed by atoms with Crippen molar-refractivity contribution in [1.29, 1.82) is 0 Å². The van der Waals surface area contributed by atoms with Gasteiger partial charge in [-0.3, -0.25) is 0 Å². The summed E-state index contributed by atoms with van der Waals surface area (Å²) in [4.78, 5) is 4.55. The van der Waals surface area contributed by atoms with Gasteiger partial charge in [0.1, 0.15) is 0 Å². The maximum atomic E-state index is 13.3. The second-order valence-electron chi connectivity index (χ2n) is 6.35. The molecule has 0 N–H and O–H groups in total. The van der Waals surface area contributed by atoms with E-state index in [0.717, 1.165) is 23.4 Å². The van der Waals surface area contributed by atoms with E-state index in [1.54, 1.807) is 18.2 Å². The monoisotopic (exact) mass is 420 g/mol. The largest absolute Gasteiger partial charge is 0.417 e. The van der Waals surface area contributed by atoms with Crippen molar-refractivity contribution in [2.24, 2.45) is 0 Å². The molecule has 2 nitrogen and oxygen atoms in total. The van der Waals surface area contributed by atoms with Gasteiger partial charge in [0.25, 0.3) is 0 Å². The highest BCUT2D eigenvalue weighted by molar-refractivity contribution is 6.33. The predicted molar refractivity (Wildman–Crippen MR) is 105 cm³/mol. The van der Waals surface area contributed by atoms with Crippen LogP contribution in [0, 0.1) is 0 Å². The van der Waals surface area contributed by atoms with Crippen LogP contribution in [0.15, 0.2) is 66.9 Å². The van der Waals surface area contributed by atoms with E-state index in [9.17, 15) is 13.2 Å². The molecular formula is C21H13Cl2F3N2. The maximum absolute atomic E-state index is 13.3. The zero-order chi connectivity index (χ0) is 19.9. The molecule has 0 bridgehead atoms. The summed E-state index contributed by atoms with van der Waals surface area (Å²) in [5, 5.41) is 0.506. The second-order valence-corrected chi connectivity index (χ2v) is 7.19. The Morgan fingerprint density at radius 2 is 1.68 bits per heavy atom. The highest BCUT2D eigenvalue weighted by Crippen LogP contribution is 2.35. The molecule has 0 amide bonds. The van der Waals surface area contributed by atoms with E-state index in [2.05, 4.69) is 4.98 Å². The summed E-state index contributed by atoms with van der Waals surface area (Å²) in [6.07, 6.45) is -3.12. The topological polar surface area (TPSA) is 17.3 Å². The lowest BCUT2D eigenvalue weighted by Crippen LogP contribution is -2.08. The van der Waals surface area contributed by atoms with E-state index in [-0.39, 0.29) is 10.7 Å². The number of halogens is 5. The molecule has 4 rings (SSSR count). The van der Waals surface area contributed by atoms with Crippen LogP contribution in [0.5, 0.6) is 0 Å². The average Bonchev–Trinajstić information content (AvgIpc) is 3.01. The Kier molecular flexibility index (Phi) is 4.81. The first kappa shape index (κ1) is 18.8. The van der Waals surface area contributed by atoms with Crippen molar-refractivity contribution in [1.82, 2.24) is 9.38 Å². The molecule has 0 unspecified atom stereocenters. The molecule has 0 spiro atoms. The van der Waals surface area contributed by atoms with Crippen molar-refractivity contribution >= 4 is 28.8 Å². The van der Waals surface area contributed by atoms with Crippen LogP contribution in [-0.2, 0) is 12.6 Å². The van der Waals surface area contributed by atoms with Gasteiger partial charge >= 0.3 is 6.18 Å². The Morgan fingerprint density at radius 1 is 0.929 bits per heavy atom. The van der Waals surface area contributed by atoms with Gasteiger partial charge in [0.05, 0.1) is 22.0 Å². The van der Waals surface area contributed by atoms with Gasteiger partial charge in [-0.15, -0.1) is 0 Å². The first-order chi connectivity index (χ1) is 13.3. The fourth-order valence-corrected chi connectivity index (χ4v) is 3.61. The van der Waals surface area contributed by atoms with Crippen molar-refractivity contribution < 1.29 is 13.2 Å². The number of aromatic nitrogens is 2. The summed E-state index contributed by atoms with van der Waals surface area (Å²) in [5.41, 5.74) is 2.31. The van der Waals surface area contributed by atoms with Gasteiger partial charge in [-0.25, -0.2) is 4.98 Å². The van der Waals surface area contributed by atoms with E-state index in [1.165, 1.54) is 4.40 Å². The average molecular weight is 421 g/mol. The van der Waals surface area contributed by atoms with Gasteiger partial charge < -0.3 is 4.40 Å². The molecule has 28 heavy (non-hydrogen) atoms. The highest BCUT2D eigenvalue weighted by atomic mass is 35.5. The Balaban J connectivity index is 1.98. The minimum absolute atomic E-state index is 0.0515. The molecule has 0 radical (unpaired) electrons. The molecule has 0 fully saturated rings. The molecule has 142 valence electrons. The van der Waals surface area contributed by atoms with Gasteiger partial charge in [-0.05, 0) is 23.8 Å². The molecule has 0 aliphatic rings. The van der Waals surface area contributed by atoms with Gasteiger partial charge in [-0.2, -0.15) is 13.2 Å². The number of benzene rings is 2.